The van der Waals surface area contributed by atoms with Gasteiger partial charge in [0.2, 0.25) is 0 Å². The van der Waals surface area contributed by atoms with Gasteiger partial charge in [-0.2, -0.15) is 0 Å². The van der Waals surface area contributed by atoms with E-state index in [1.807, 2.05) is 17.5 Å². The number of hydrogen-bond donors (Lipinski definition) is 1. The molecular formula is C21H20Cl2N2O2S. The zero-order chi connectivity index (χ0) is 20.3. The number of thiazole rings is 1. The van der Waals surface area contributed by atoms with E-state index in [1.54, 1.807) is 18.2 Å². The van der Waals surface area contributed by atoms with Crippen molar-refractivity contribution in [3.8, 4) is 17.0 Å². The van der Waals surface area contributed by atoms with Crippen LogP contribution < -0.4 is 10.1 Å². The van der Waals surface area contributed by atoms with Crippen molar-refractivity contribution < 1.29 is 9.53 Å². The second kappa shape index (κ2) is 8.52. The van der Waals surface area contributed by atoms with Gasteiger partial charge in [-0.05, 0) is 29.2 Å². The van der Waals surface area contributed by atoms with Crippen LogP contribution in [0.4, 0.5) is 5.13 Å². The van der Waals surface area contributed by atoms with Crippen molar-refractivity contribution in [1.29, 1.82) is 0 Å². The molecule has 1 N–H and O–H groups in total. The molecule has 1 amide bonds. The molecule has 7 heteroatoms. The van der Waals surface area contributed by atoms with E-state index in [2.05, 4.69) is 43.2 Å². The monoisotopic (exact) mass is 434 g/mol. The smallest absolute Gasteiger partial charge is 0.264 e. The topological polar surface area (TPSA) is 51.2 Å². The van der Waals surface area contributed by atoms with Crippen LogP contribution in [0.5, 0.6) is 5.75 Å². The second-order valence-electron chi connectivity index (χ2n) is 7.28. The van der Waals surface area contributed by atoms with Gasteiger partial charge in [-0.1, -0.05) is 68.2 Å². The number of rotatable bonds is 5. The van der Waals surface area contributed by atoms with Crippen LogP contribution in [0.2, 0.25) is 10.0 Å². The molecule has 0 unspecified atom stereocenters. The number of nitrogens with zero attached hydrogens (tertiary/aromatic N) is 1. The summed E-state index contributed by atoms with van der Waals surface area (Å²) in [6.45, 7) is 6.36. The molecule has 146 valence electrons. The minimum atomic E-state index is -0.310. The lowest BCUT2D eigenvalue weighted by Crippen LogP contribution is -2.20. The fraction of sp³-hybridized carbons (Fsp3) is 0.238. The number of aromatic nitrogens is 1. The van der Waals surface area contributed by atoms with Crippen LogP contribution in [-0.2, 0) is 10.2 Å². The summed E-state index contributed by atoms with van der Waals surface area (Å²) in [5, 5.41) is 6.04. The minimum absolute atomic E-state index is 0.104. The van der Waals surface area contributed by atoms with E-state index in [4.69, 9.17) is 27.9 Å². The highest BCUT2D eigenvalue weighted by Gasteiger charge is 2.14. The van der Waals surface area contributed by atoms with Gasteiger partial charge in [-0.3, -0.25) is 10.1 Å². The van der Waals surface area contributed by atoms with Crippen molar-refractivity contribution >= 4 is 45.6 Å². The van der Waals surface area contributed by atoms with E-state index in [0.717, 1.165) is 11.3 Å². The first-order chi connectivity index (χ1) is 13.2. The Bertz CT molecular complexity index is 979. The van der Waals surface area contributed by atoms with Gasteiger partial charge < -0.3 is 4.74 Å². The SMILES string of the molecule is CC(C)(C)c1ccc(-c2csc(NC(=O)COc3ccc(Cl)cc3Cl)n2)cc1. The molecule has 1 aromatic heterocycles. The predicted molar refractivity (Wildman–Crippen MR) is 117 cm³/mol. The van der Waals surface area contributed by atoms with Gasteiger partial charge in [-0.25, -0.2) is 4.98 Å². The summed E-state index contributed by atoms with van der Waals surface area (Å²) in [5.74, 6) is 0.0926. The number of amides is 1. The van der Waals surface area contributed by atoms with Gasteiger partial charge in [0.1, 0.15) is 5.75 Å². The maximum absolute atomic E-state index is 12.1. The number of benzene rings is 2. The van der Waals surface area contributed by atoms with Crippen LogP contribution in [0, 0.1) is 0 Å². The normalized spacial score (nSPS) is 11.3. The fourth-order valence-corrected chi connectivity index (χ4v) is 3.69. The molecule has 0 aliphatic heterocycles. The summed E-state index contributed by atoms with van der Waals surface area (Å²) >= 11 is 13.2. The van der Waals surface area contributed by atoms with Gasteiger partial charge in [0, 0.05) is 16.0 Å². The summed E-state index contributed by atoms with van der Waals surface area (Å²) in [6, 6.07) is 13.2. The molecule has 1 heterocycles. The van der Waals surface area contributed by atoms with Crippen molar-refractivity contribution in [2.24, 2.45) is 0 Å². The lowest BCUT2D eigenvalue weighted by atomic mass is 9.86. The zero-order valence-corrected chi connectivity index (χ0v) is 18.1. The maximum Gasteiger partial charge on any atom is 0.264 e. The van der Waals surface area contributed by atoms with Gasteiger partial charge in [0.05, 0.1) is 10.7 Å². The van der Waals surface area contributed by atoms with E-state index >= 15 is 0 Å². The Morgan fingerprint density at radius 2 is 1.86 bits per heavy atom. The Balaban J connectivity index is 1.60. The van der Waals surface area contributed by atoms with Crippen LogP contribution in [-0.4, -0.2) is 17.5 Å². The molecule has 0 spiro atoms. The quantitative estimate of drug-likeness (QED) is 0.502. The van der Waals surface area contributed by atoms with Crippen molar-refractivity contribution in [1.82, 2.24) is 4.98 Å². The highest BCUT2D eigenvalue weighted by Crippen LogP contribution is 2.29. The van der Waals surface area contributed by atoms with Crippen molar-refractivity contribution in [2.45, 2.75) is 26.2 Å². The predicted octanol–water partition coefficient (Wildman–Crippen LogP) is 6.43. The number of halogens is 2. The number of anilines is 1. The average Bonchev–Trinajstić information content (AvgIpc) is 3.09. The van der Waals surface area contributed by atoms with Crippen LogP contribution >= 0.6 is 34.5 Å². The highest BCUT2D eigenvalue weighted by atomic mass is 35.5. The molecule has 4 nitrogen and oxygen atoms in total. The van der Waals surface area contributed by atoms with Gasteiger partial charge in [-0.15, -0.1) is 11.3 Å². The van der Waals surface area contributed by atoms with E-state index < -0.39 is 0 Å². The van der Waals surface area contributed by atoms with Crippen LogP contribution in [0.15, 0.2) is 47.8 Å². The molecule has 0 aliphatic rings. The third-order valence-electron chi connectivity index (χ3n) is 4.05. The Morgan fingerprint density at radius 3 is 2.50 bits per heavy atom. The van der Waals surface area contributed by atoms with Crippen LogP contribution in [0.1, 0.15) is 26.3 Å². The first-order valence-electron chi connectivity index (χ1n) is 8.66. The maximum atomic E-state index is 12.1. The fourth-order valence-electron chi connectivity index (χ4n) is 2.50. The Labute approximate surface area is 178 Å². The summed E-state index contributed by atoms with van der Waals surface area (Å²) in [4.78, 5) is 16.6. The first-order valence-corrected chi connectivity index (χ1v) is 10.3. The third-order valence-corrected chi connectivity index (χ3v) is 5.34. The molecular weight excluding hydrogens is 415 g/mol. The molecule has 3 aromatic rings. The standard InChI is InChI=1S/C21H20Cl2N2O2S/c1-21(2,3)14-6-4-13(5-7-14)17-12-28-20(24-17)25-19(26)11-27-18-9-8-15(22)10-16(18)23/h4-10,12H,11H2,1-3H3,(H,24,25,26). The summed E-state index contributed by atoms with van der Waals surface area (Å²) in [6.07, 6.45) is 0. The van der Waals surface area contributed by atoms with Gasteiger partial charge >= 0.3 is 0 Å². The van der Waals surface area contributed by atoms with Crippen molar-refractivity contribution in [3.63, 3.8) is 0 Å². The van der Waals surface area contributed by atoms with E-state index in [-0.39, 0.29) is 17.9 Å². The second-order valence-corrected chi connectivity index (χ2v) is 8.98. The number of ether oxygens (including phenoxy) is 1. The van der Waals surface area contributed by atoms with Gasteiger partial charge in [0.15, 0.2) is 11.7 Å². The molecule has 0 aliphatic carbocycles. The van der Waals surface area contributed by atoms with Crippen LogP contribution in [0.25, 0.3) is 11.3 Å². The van der Waals surface area contributed by atoms with Crippen LogP contribution in [0.3, 0.4) is 0 Å². The van der Waals surface area contributed by atoms with E-state index in [0.29, 0.717) is 20.9 Å². The average molecular weight is 435 g/mol. The lowest BCUT2D eigenvalue weighted by molar-refractivity contribution is -0.118. The number of carbonyl (C=O) groups excluding carboxylic acids is 1. The highest BCUT2D eigenvalue weighted by molar-refractivity contribution is 7.14. The molecule has 0 radical (unpaired) electrons. The summed E-state index contributed by atoms with van der Waals surface area (Å²) < 4.78 is 5.44. The molecule has 0 fully saturated rings. The Morgan fingerprint density at radius 1 is 1.14 bits per heavy atom. The molecule has 28 heavy (non-hydrogen) atoms. The van der Waals surface area contributed by atoms with Crippen molar-refractivity contribution in [3.05, 3.63) is 63.5 Å². The van der Waals surface area contributed by atoms with Gasteiger partial charge in [0.25, 0.3) is 5.91 Å². The Hall–Kier alpha value is -2.08. The molecule has 2 aromatic carbocycles. The molecule has 0 saturated carbocycles. The number of carbonyl (C=O) groups is 1. The van der Waals surface area contributed by atoms with Crippen molar-refractivity contribution in [2.75, 3.05) is 11.9 Å². The number of nitrogens with one attached hydrogen (secondary N) is 1. The Kier molecular flexibility index (Phi) is 6.28. The largest absolute Gasteiger partial charge is 0.482 e. The minimum Gasteiger partial charge on any atom is -0.482 e. The molecule has 3 rings (SSSR count). The number of hydrogen-bond acceptors (Lipinski definition) is 4. The lowest BCUT2D eigenvalue weighted by Gasteiger charge is -2.18. The summed E-state index contributed by atoms with van der Waals surface area (Å²) in [5.41, 5.74) is 3.20. The zero-order valence-electron chi connectivity index (χ0n) is 15.8. The third kappa shape index (κ3) is 5.25. The molecule has 0 atom stereocenters. The van der Waals surface area contributed by atoms with E-state index in [1.165, 1.54) is 16.9 Å². The first kappa shape index (κ1) is 20.6. The molecule has 0 saturated heterocycles. The summed E-state index contributed by atoms with van der Waals surface area (Å²) in [7, 11) is 0. The van der Waals surface area contributed by atoms with E-state index in [9.17, 15) is 4.79 Å². The molecule has 0 bridgehead atoms.